The highest BCUT2D eigenvalue weighted by atomic mass is 16.5. The Balaban J connectivity index is 3.31. The fourth-order valence-corrected chi connectivity index (χ4v) is 0.939. The molecule has 0 fully saturated rings. The van der Waals surface area contributed by atoms with Crippen LogP contribution in [-0.4, -0.2) is 12.6 Å². The van der Waals surface area contributed by atoms with Crippen molar-refractivity contribution < 1.29 is 9.53 Å². The lowest BCUT2D eigenvalue weighted by Crippen LogP contribution is -2.05. The molecule has 0 aromatic carbocycles. The summed E-state index contributed by atoms with van der Waals surface area (Å²) in [6.45, 7) is 9.27. The maximum absolute atomic E-state index is 11.0. The van der Waals surface area contributed by atoms with Crippen LogP contribution in [-0.2, 0) is 9.53 Å². The van der Waals surface area contributed by atoms with Crippen LogP contribution in [0.25, 0.3) is 0 Å². The molecule has 15 heavy (non-hydrogen) atoms. The van der Waals surface area contributed by atoms with E-state index in [4.69, 9.17) is 4.74 Å². The number of allylic oxidation sites excluding steroid dienone is 3. The molecule has 0 aliphatic rings. The summed E-state index contributed by atoms with van der Waals surface area (Å²) < 4.78 is 4.94. The van der Waals surface area contributed by atoms with Gasteiger partial charge in [0.2, 0.25) is 0 Å². The zero-order valence-electron chi connectivity index (χ0n) is 9.50. The highest BCUT2D eigenvalue weighted by Gasteiger charge is 2.00. The fourth-order valence-electron chi connectivity index (χ4n) is 0.939. The smallest absolute Gasteiger partial charge is 0.333 e. The average Bonchev–Trinajstić information content (AvgIpc) is 2.21. The van der Waals surface area contributed by atoms with Gasteiger partial charge in [-0.05, 0) is 32.6 Å². The lowest BCUT2D eigenvalue weighted by atomic mass is 10.2. The van der Waals surface area contributed by atoms with Crippen LogP contribution in [0, 0.1) is 0 Å². The van der Waals surface area contributed by atoms with Crippen molar-refractivity contribution in [2.75, 3.05) is 6.61 Å². The minimum Gasteiger partial charge on any atom is -0.462 e. The Bertz CT molecular complexity index is 239. The molecule has 0 saturated heterocycles. The van der Waals surface area contributed by atoms with Crippen LogP contribution < -0.4 is 0 Å². The Kier molecular flexibility index (Phi) is 8.44. The van der Waals surface area contributed by atoms with E-state index in [9.17, 15) is 4.79 Å². The highest BCUT2D eigenvalue weighted by molar-refractivity contribution is 5.86. The molecular weight excluding hydrogens is 188 g/mol. The van der Waals surface area contributed by atoms with Gasteiger partial charge in [0.05, 0.1) is 6.61 Å². The molecule has 0 N–H and O–H groups in total. The first-order valence-corrected chi connectivity index (χ1v) is 5.27. The normalized spacial score (nSPS) is 10.2. The zero-order chi connectivity index (χ0) is 11.5. The number of carbonyl (C=O) groups is 1. The predicted octanol–water partition coefficient (Wildman–Crippen LogP) is 3.41. The second kappa shape index (κ2) is 9.25. The Morgan fingerprint density at radius 1 is 1.27 bits per heavy atom. The Labute approximate surface area is 92.3 Å². The van der Waals surface area contributed by atoms with E-state index < -0.39 is 0 Å². The van der Waals surface area contributed by atoms with E-state index in [1.54, 1.807) is 6.92 Å². The number of unbranched alkanes of at least 4 members (excludes halogenated alkanes) is 2. The minimum absolute atomic E-state index is 0.300. The number of carbonyl (C=O) groups excluding carboxylic acids is 1. The molecule has 0 unspecified atom stereocenters. The highest BCUT2D eigenvalue weighted by Crippen LogP contribution is 1.98. The summed E-state index contributed by atoms with van der Waals surface area (Å²) in [5.41, 5.74) is 0.455. The molecule has 0 amide bonds. The van der Waals surface area contributed by atoms with Crippen molar-refractivity contribution in [2.24, 2.45) is 0 Å². The van der Waals surface area contributed by atoms with Crippen molar-refractivity contribution in [3.05, 3.63) is 37.0 Å². The number of hydrogen-bond acceptors (Lipinski definition) is 2. The van der Waals surface area contributed by atoms with Crippen molar-refractivity contribution in [3.63, 3.8) is 0 Å². The standard InChI is InChI=1S/C13H20O2/c1-4-5-6-7-8-9-10-11-15-13(14)12(2)3/h4,7-8H,1-2,5-6,9-11H2,3H3. The first-order chi connectivity index (χ1) is 7.18. The van der Waals surface area contributed by atoms with Crippen LogP contribution in [0.4, 0.5) is 0 Å². The third kappa shape index (κ3) is 9.01. The van der Waals surface area contributed by atoms with E-state index in [-0.39, 0.29) is 5.97 Å². The van der Waals surface area contributed by atoms with Crippen molar-refractivity contribution in [2.45, 2.75) is 32.6 Å². The Morgan fingerprint density at radius 3 is 2.53 bits per heavy atom. The average molecular weight is 208 g/mol. The maximum atomic E-state index is 11.0. The van der Waals surface area contributed by atoms with Gasteiger partial charge in [-0.15, -0.1) is 6.58 Å². The lowest BCUT2D eigenvalue weighted by Gasteiger charge is -2.01. The minimum atomic E-state index is -0.300. The molecule has 0 aliphatic heterocycles. The molecule has 2 heteroatoms. The van der Waals surface area contributed by atoms with Gasteiger partial charge in [-0.3, -0.25) is 0 Å². The van der Waals surface area contributed by atoms with Gasteiger partial charge < -0.3 is 4.74 Å². The van der Waals surface area contributed by atoms with Crippen LogP contribution >= 0.6 is 0 Å². The summed E-state index contributed by atoms with van der Waals surface area (Å²) >= 11 is 0. The molecule has 2 nitrogen and oxygen atoms in total. The summed E-state index contributed by atoms with van der Waals surface area (Å²) in [5.74, 6) is -0.300. The molecule has 84 valence electrons. The van der Waals surface area contributed by atoms with E-state index in [2.05, 4.69) is 25.3 Å². The van der Waals surface area contributed by atoms with Crippen LogP contribution in [0.1, 0.15) is 32.6 Å². The van der Waals surface area contributed by atoms with Gasteiger partial charge in [-0.25, -0.2) is 4.79 Å². The van der Waals surface area contributed by atoms with Gasteiger partial charge in [0.25, 0.3) is 0 Å². The fraction of sp³-hybridized carbons (Fsp3) is 0.462. The van der Waals surface area contributed by atoms with Gasteiger partial charge in [0.15, 0.2) is 0 Å². The van der Waals surface area contributed by atoms with E-state index in [1.807, 2.05) is 6.08 Å². The Hall–Kier alpha value is -1.31. The Morgan fingerprint density at radius 2 is 1.93 bits per heavy atom. The van der Waals surface area contributed by atoms with Crippen molar-refractivity contribution in [3.8, 4) is 0 Å². The van der Waals surface area contributed by atoms with E-state index in [1.165, 1.54) is 0 Å². The van der Waals surface area contributed by atoms with Crippen LogP contribution in [0.2, 0.25) is 0 Å². The SMILES string of the molecule is C=CCCC=CCCCOC(=O)C(=C)C. The molecule has 0 atom stereocenters. The van der Waals surface area contributed by atoms with E-state index >= 15 is 0 Å². The molecule has 0 saturated carbocycles. The van der Waals surface area contributed by atoms with Gasteiger partial charge in [0, 0.05) is 5.57 Å². The third-order valence-corrected chi connectivity index (χ3v) is 1.80. The summed E-state index contributed by atoms with van der Waals surface area (Å²) in [5, 5.41) is 0. The molecular formula is C13H20O2. The second-order valence-electron chi connectivity index (χ2n) is 3.40. The molecule has 0 spiro atoms. The van der Waals surface area contributed by atoms with Crippen molar-refractivity contribution in [1.82, 2.24) is 0 Å². The summed E-state index contributed by atoms with van der Waals surface area (Å²) in [6.07, 6.45) is 10.00. The largest absolute Gasteiger partial charge is 0.462 e. The molecule has 0 heterocycles. The van der Waals surface area contributed by atoms with Crippen molar-refractivity contribution in [1.29, 1.82) is 0 Å². The molecule has 0 radical (unpaired) electrons. The van der Waals surface area contributed by atoms with Gasteiger partial charge in [-0.1, -0.05) is 24.8 Å². The van der Waals surface area contributed by atoms with E-state index in [0.29, 0.717) is 12.2 Å². The third-order valence-electron chi connectivity index (χ3n) is 1.80. The lowest BCUT2D eigenvalue weighted by molar-refractivity contribution is -0.139. The van der Waals surface area contributed by atoms with Crippen LogP contribution in [0.5, 0.6) is 0 Å². The number of ether oxygens (including phenoxy) is 1. The van der Waals surface area contributed by atoms with Gasteiger partial charge in [0.1, 0.15) is 0 Å². The van der Waals surface area contributed by atoms with E-state index in [0.717, 1.165) is 25.7 Å². The van der Waals surface area contributed by atoms with Gasteiger partial charge >= 0.3 is 5.97 Å². The second-order valence-corrected chi connectivity index (χ2v) is 3.40. The zero-order valence-corrected chi connectivity index (χ0v) is 9.50. The number of rotatable bonds is 8. The van der Waals surface area contributed by atoms with Gasteiger partial charge in [-0.2, -0.15) is 0 Å². The number of esters is 1. The monoisotopic (exact) mass is 208 g/mol. The van der Waals surface area contributed by atoms with Crippen molar-refractivity contribution >= 4 is 5.97 Å². The molecule has 0 aromatic rings. The first-order valence-electron chi connectivity index (χ1n) is 5.27. The topological polar surface area (TPSA) is 26.3 Å². The van der Waals surface area contributed by atoms with Crippen LogP contribution in [0.3, 0.4) is 0 Å². The summed E-state index contributed by atoms with van der Waals surface area (Å²) in [4.78, 5) is 11.0. The molecule has 0 bridgehead atoms. The molecule has 0 aliphatic carbocycles. The summed E-state index contributed by atoms with van der Waals surface area (Å²) in [7, 11) is 0. The maximum Gasteiger partial charge on any atom is 0.333 e. The molecule has 0 rings (SSSR count). The predicted molar refractivity (Wildman–Crippen MR) is 63.6 cm³/mol. The first kappa shape index (κ1) is 13.7. The quantitative estimate of drug-likeness (QED) is 0.264. The summed E-state index contributed by atoms with van der Waals surface area (Å²) in [6, 6.07) is 0. The number of hydrogen-bond donors (Lipinski definition) is 0. The molecule has 0 aromatic heterocycles. The van der Waals surface area contributed by atoms with Crippen LogP contribution in [0.15, 0.2) is 37.0 Å².